The zero-order valence-electron chi connectivity index (χ0n) is 16.5. The maximum Gasteiger partial charge on any atom is 0.433 e. The number of aromatic nitrogens is 2. The number of halogens is 1. The Bertz CT molecular complexity index is 1460. The van der Waals surface area contributed by atoms with Crippen LogP contribution in [0.15, 0.2) is 63.9 Å². The summed E-state index contributed by atoms with van der Waals surface area (Å²) in [5.74, 6) is -0.0719. The Morgan fingerprint density at radius 1 is 1.06 bits per heavy atom. The summed E-state index contributed by atoms with van der Waals surface area (Å²) in [6.45, 7) is 0. The van der Waals surface area contributed by atoms with Gasteiger partial charge < -0.3 is 9.73 Å². The molecule has 9 nitrogen and oxygen atoms in total. The first kappa shape index (κ1) is 21.1. The van der Waals surface area contributed by atoms with E-state index in [1.54, 1.807) is 12.1 Å². The van der Waals surface area contributed by atoms with Crippen molar-refractivity contribution in [1.29, 1.82) is 0 Å². The van der Waals surface area contributed by atoms with Gasteiger partial charge in [-0.05, 0) is 54.6 Å². The Morgan fingerprint density at radius 2 is 1.81 bits per heavy atom. The molecule has 2 aromatic carbocycles. The van der Waals surface area contributed by atoms with E-state index < -0.39 is 26.5 Å². The van der Waals surface area contributed by atoms with E-state index in [9.17, 15) is 22.9 Å². The molecule has 0 aliphatic heterocycles. The average Bonchev–Trinajstić information content (AvgIpc) is 3.21. The van der Waals surface area contributed by atoms with Gasteiger partial charge in [-0.15, -0.1) is 0 Å². The third-order valence-corrected chi connectivity index (χ3v) is 5.54. The van der Waals surface area contributed by atoms with Gasteiger partial charge in [-0.2, -0.15) is 0 Å². The van der Waals surface area contributed by atoms with Gasteiger partial charge in [0.2, 0.25) is 0 Å². The minimum atomic E-state index is -3.33. The Kier molecular flexibility index (Phi) is 5.41. The van der Waals surface area contributed by atoms with Gasteiger partial charge in [-0.1, -0.05) is 0 Å². The molecular formula is C21H15FN4O5S. The van der Waals surface area contributed by atoms with Crippen LogP contribution in [0, 0.1) is 15.9 Å². The smallest absolute Gasteiger partial charge is 0.401 e. The highest BCUT2D eigenvalue weighted by Crippen LogP contribution is 2.26. The molecule has 0 aliphatic rings. The minimum Gasteiger partial charge on any atom is -0.401 e. The van der Waals surface area contributed by atoms with Crippen molar-refractivity contribution in [2.24, 2.45) is 0 Å². The van der Waals surface area contributed by atoms with Crippen molar-refractivity contribution in [3.8, 4) is 0 Å². The molecule has 0 saturated heterocycles. The molecule has 2 aromatic heterocycles. The van der Waals surface area contributed by atoms with Crippen LogP contribution in [0.3, 0.4) is 0 Å². The zero-order chi connectivity index (χ0) is 22.9. The number of furan rings is 1. The number of hydrogen-bond acceptors (Lipinski definition) is 8. The first-order valence-electron chi connectivity index (χ1n) is 9.16. The van der Waals surface area contributed by atoms with Crippen LogP contribution < -0.4 is 5.32 Å². The van der Waals surface area contributed by atoms with E-state index in [0.717, 1.165) is 6.26 Å². The fraction of sp³-hybridized carbons (Fsp3) is 0.0476. The average molecular weight is 454 g/mol. The summed E-state index contributed by atoms with van der Waals surface area (Å²) in [5.41, 5.74) is 0.902. The molecule has 0 unspecified atom stereocenters. The predicted octanol–water partition coefficient (Wildman–Crippen LogP) is 4.59. The molecule has 0 bridgehead atoms. The second-order valence-corrected chi connectivity index (χ2v) is 8.80. The highest BCUT2D eigenvalue weighted by atomic mass is 32.2. The lowest BCUT2D eigenvalue weighted by molar-refractivity contribution is -0.402. The van der Waals surface area contributed by atoms with E-state index in [-0.39, 0.29) is 16.5 Å². The minimum absolute atomic E-state index is 0.175. The second kappa shape index (κ2) is 8.19. The molecule has 0 saturated carbocycles. The molecule has 1 N–H and O–H groups in total. The Morgan fingerprint density at radius 3 is 2.47 bits per heavy atom. The lowest BCUT2D eigenvalue weighted by atomic mass is 10.2. The molecule has 0 radical (unpaired) electrons. The predicted molar refractivity (Wildman–Crippen MR) is 117 cm³/mol. The van der Waals surface area contributed by atoms with Gasteiger partial charge in [0.1, 0.15) is 22.3 Å². The van der Waals surface area contributed by atoms with E-state index in [0.29, 0.717) is 22.4 Å². The summed E-state index contributed by atoms with van der Waals surface area (Å²) in [6, 6.07) is 12.8. The number of nitro groups is 1. The highest BCUT2D eigenvalue weighted by molar-refractivity contribution is 7.90. The van der Waals surface area contributed by atoms with Gasteiger partial charge in [-0.25, -0.2) is 22.8 Å². The van der Waals surface area contributed by atoms with Gasteiger partial charge >= 0.3 is 5.88 Å². The maximum atomic E-state index is 13.8. The summed E-state index contributed by atoms with van der Waals surface area (Å²) in [6.07, 6.45) is 4.05. The normalized spacial score (nSPS) is 11.8. The lowest BCUT2D eigenvalue weighted by Crippen LogP contribution is -2.01. The molecule has 0 atom stereocenters. The van der Waals surface area contributed by atoms with Crippen molar-refractivity contribution in [2.45, 2.75) is 4.90 Å². The van der Waals surface area contributed by atoms with Crippen LogP contribution in [-0.2, 0) is 9.84 Å². The van der Waals surface area contributed by atoms with Crippen molar-refractivity contribution in [2.75, 3.05) is 11.6 Å². The SMILES string of the molecule is CS(=O)(=O)c1ccc(Nc2nc(/C=C/c3ccc([N+](=O)[O-])o3)nc3cc(F)ccc23)cc1. The number of rotatable bonds is 6. The van der Waals surface area contributed by atoms with Crippen molar-refractivity contribution in [3.63, 3.8) is 0 Å². The Hall–Kier alpha value is -4.12. The fourth-order valence-electron chi connectivity index (χ4n) is 2.90. The van der Waals surface area contributed by atoms with E-state index in [2.05, 4.69) is 15.3 Å². The van der Waals surface area contributed by atoms with Crippen LogP contribution in [0.5, 0.6) is 0 Å². The van der Waals surface area contributed by atoms with Gasteiger partial charge in [0, 0.05) is 23.4 Å². The molecule has 32 heavy (non-hydrogen) atoms. The number of fused-ring (bicyclic) bond motifs is 1. The van der Waals surface area contributed by atoms with Crippen LogP contribution in [-0.4, -0.2) is 29.6 Å². The molecule has 0 fully saturated rings. The number of nitrogens with one attached hydrogen (secondary N) is 1. The van der Waals surface area contributed by atoms with E-state index >= 15 is 0 Å². The monoisotopic (exact) mass is 454 g/mol. The van der Waals surface area contributed by atoms with Gasteiger partial charge in [0.05, 0.1) is 16.5 Å². The molecule has 11 heteroatoms. The van der Waals surface area contributed by atoms with Crippen molar-refractivity contribution in [1.82, 2.24) is 9.97 Å². The maximum absolute atomic E-state index is 13.8. The lowest BCUT2D eigenvalue weighted by Gasteiger charge is -2.10. The topological polar surface area (TPSA) is 128 Å². The Labute approximate surface area is 181 Å². The molecule has 2 heterocycles. The largest absolute Gasteiger partial charge is 0.433 e. The van der Waals surface area contributed by atoms with Crippen molar-refractivity contribution >= 4 is 50.3 Å². The van der Waals surface area contributed by atoms with E-state index in [1.165, 1.54) is 54.6 Å². The first-order chi connectivity index (χ1) is 15.2. The molecule has 0 spiro atoms. The van der Waals surface area contributed by atoms with Gasteiger partial charge in [0.15, 0.2) is 15.7 Å². The quantitative estimate of drug-likeness (QED) is 0.331. The molecule has 0 aliphatic carbocycles. The fourth-order valence-corrected chi connectivity index (χ4v) is 3.53. The van der Waals surface area contributed by atoms with Crippen molar-refractivity contribution in [3.05, 3.63) is 82.1 Å². The second-order valence-electron chi connectivity index (χ2n) is 6.78. The zero-order valence-corrected chi connectivity index (χ0v) is 17.3. The van der Waals surface area contributed by atoms with E-state index in [1.807, 2.05) is 0 Å². The summed E-state index contributed by atoms with van der Waals surface area (Å²) < 4.78 is 42.2. The van der Waals surface area contributed by atoms with Crippen LogP contribution in [0.1, 0.15) is 11.6 Å². The first-order valence-corrected chi connectivity index (χ1v) is 11.0. The van der Waals surface area contributed by atoms with E-state index in [4.69, 9.17) is 4.42 Å². The molecule has 4 rings (SSSR count). The highest BCUT2D eigenvalue weighted by Gasteiger charge is 2.12. The summed E-state index contributed by atoms with van der Waals surface area (Å²) in [7, 11) is -3.33. The standard InChI is InChI=1S/C21H15FN4O5S/c1-32(29,30)16-7-3-14(4-8-16)23-21-17-9-2-13(22)12-18(17)24-19(25-21)10-5-15-6-11-20(31-15)26(27)28/h2-12H,1H3,(H,23,24,25)/b10-5+. The Balaban J connectivity index is 1.70. The molecular weight excluding hydrogens is 439 g/mol. The molecule has 162 valence electrons. The number of benzene rings is 2. The molecule has 0 amide bonds. The van der Waals surface area contributed by atoms with Crippen LogP contribution in [0.4, 0.5) is 21.8 Å². The number of nitrogens with zero attached hydrogens (tertiary/aromatic N) is 3. The van der Waals surface area contributed by atoms with Crippen molar-refractivity contribution < 1.29 is 22.1 Å². The summed E-state index contributed by atoms with van der Waals surface area (Å²) in [5, 5.41) is 14.4. The van der Waals surface area contributed by atoms with Crippen LogP contribution in [0.25, 0.3) is 23.1 Å². The number of hydrogen-bond donors (Lipinski definition) is 1. The summed E-state index contributed by atoms with van der Waals surface area (Å²) in [4.78, 5) is 19.0. The third-order valence-electron chi connectivity index (χ3n) is 4.41. The number of sulfone groups is 1. The van der Waals surface area contributed by atoms with Crippen LogP contribution in [0.2, 0.25) is 0 Å². The number of anilines is 2. The van der Waals surface area contributed by atoms with Gasteiger partial charge in [0.25, 0.3) is 0 Å². The summed E-state index contributed by atoms with van der Waals surface area (Å²) >= 11 is 0. The van der Waals surface area contributed by atoms with Gasteiger partial charge in [-0.3, -0.25) is 10.1 Å². The third kappa shape index (κ3) is 4.62. The molecule has 4 aromatic rings. The van der Waals surface area contributed by atoms with Crippen LogP contribution >= 0.6 is 0 Å².